The minimum atomic E-state index is -4.37. The third-order valence-corrected chi connectivity index (χ3v) is 5.03. The Labute approximate surface area is 177 Å². The number of aromatic nitrogens is 5. The minimum Gasteiger partial charge on any atom is -0.305 e. The molecule has 1 aromatic carbocycles. The smallest absolute Gasteiger partial charge is 0.305 e. The van der Waals surface area contributed by atoms with Crippen molar-refractivity contribution in [2.45, 2.75) is 32.5 Å². The van der Waals surface area contributed by atoms with E-state index < -0.39 is 11.7 Å². The molecule has 4 rings (SSSR count). The van der Waals surface area contributed by atoms with Gasteiger partial charge in [-0.1, -0.05) is 24.3 Å². The van der Waals surface area contributed by atoms with Crippen molar-refractivity contribution in [3.63, 3.8) is 0 Å². The van der Waals surface area contributed by atoms with E-state index in [4.69, 9.17) is 0 Å². The first-order valence-electron chi connectivity index (χ1n) is 9.81. The zero-order valence-electron chi connectivity index (χ0n) is 16.8. The number of nitrogens with zero attached hydrogens (tertiary/aromatic N) is 5. The molecule has 0 radical (unpaired) electrons. The van der Waals surface area contributed by atoms with Crippen LogP contribution in [0.1, 0.15) is 28.1 Å². The van der Waals surface area contributed by atoms with Crippen LogP contribution in [-0.4, -0.2) is 24.7 Å². The highest BCUT2D eigenvalue weighted by Gasteiger charge is 2.32. The predicted octanol–water partition coefficient (Wildman–Crippen LogP) is 4.90. The summed E-state index contributed by atoms with van der Waals surface area (Å²) in [7, 11) is 0. The molecule has 8 heteroatoms. The lowest BCUT2D eigenvalue weighted by Crippen LogP contribution is -2.10. The summed E-state index contributed by atoms with van der Waals surface area (Å²) in [5, 5.41) is 8.64. The van der Waals surface area contributed by atoms with Gasteiger partial charge in [0.2, 0.25) is 0 Å². The highest BCUT2D eigenvalue weighted by molar-refractivity contribution is 5.49. The van der Waals surface area contributed by atoms with Crippen LogP contribution < -0.4 is 0 Å². The van der Waals surface area contributed by atoms with E-state index in [1.165, 1.54) is 19.1 Å². The van der Waals surface area contributed by atoms with Crippen molar-refractivity contribution in [3.05, 3.63) is 95.2 Å². The Morgan fingerprint density at radius 1 is 0.903 bits per heavy atom. The topological polar surface area (TPSA) is 56.5 Å². The molecule has 158 valence electrons. The Bertz CT molecular complexity index is 1160. The fourth-order valence-corrected chi connectivity index (χ4v) is 3.43. The monoisotopic (exact) mass is 423 g/mol. The van der Waals surface area contributed by atoms with E-state index in [1.54, 1.807) is 24.7 Å². The summed E-state index contributed by atoms with van der Waals surface area (Å²) in [4.78, 5) is 8.52. The van der Waals surface area contributed by atoms with E-state index in [0.717, 1.165) is 5.56 Å². The van der Waals surface area contributed by atoms with Gasteiger partial charge in [-0.15, -0.1) is 10.2 Å². The number of pyridine rings is 2. The number of aryl methyl sites for hydroxylation is 3. The van der Waals surface area contributed by atoms with Crippen molar-refractivity contribution < 1.29 is 13.2 Å². The summed E-state index contributed by atoms with van der Waals surface area (Å²) in [6.45, 7) is 1.96. The Morgan fingerprint density at radius 3 is 2.48 bits per heavy atom. The average Bonchev–Trinajstić information content (AvgIpc) is 3.16. The summed E-state index contributed by atoms with van der Waals surface area (Å²) in [6.07, 6.45) is 1.64. The zero-order valence-corrected chi connectivity index (χ0v) is 16.8. The van der Waals surface area contributed by atoms with E-state index in [2.05, 4.69) is 20.2 Å². The van der Waals surface area contributed by atoms with Crippen LogP contribution in [-0.2, 0) is 25.6 Å². The van der Waals surface area contributed by atoms with Gasteiger partial charge in [0.15, 0.2) is 5.82 Å². The van der Waals surface area contributed by atoms with Crippen molar-refractivity contribution >= 4 is 0 Å². The molecule has 31 heavy (non-hydrogen) atoms. The number of hydrogen-bond donors (Lipinski definition) is 0. The fourth-order valence-electron chi connectivity index (χ4n) is 3.43. The Balaban J connectivity index is 1.63. The van der Waals surface area contributed by atoms with Crippen LogP contribution >= 0.6 is 0 Å². The molecule has 5 nitrogen and oxygen atoms in total. The molecule has 0 amide bonds. The van der Waals surface area contributed by atoms with E-state index in [-0.39, 0.29) is 5.56 Å². The van der Waals surface area contributed by atoms with Crippen LogP contribution in [0.3, 0.4) is 0 Å². The fraction of sp³-hybridized carbons (Fsp3) is 0.217. The molecule has 0 saturated heterocycles. The van der Waals surface area contributed by atoms with Crippen LogP contribution in [0.4, 0.5) is 13.2 Å². The van der Waals surface area contributed by atoms with Crippen molar-refractivity contribution in [2.75, 3.05) is 0 Å². The molecule has 0 N–H and O–H groups in total. The van der Waals surface area contributed by atoms with Gasteiger partial charge in [0.1, 0.15) is 11.5 Å². The van der Waals surface area contributed by atoms with Crippen LogP contribution in [0.2, 0.25) is 0 Å². The van der Waals surface area contributed by atoms with Crippen LogP contribution in [0.5, 0.6) is 0 Å². The standard InChI is InChI=1S/C23H20F3N5/c1-16-7-8-17(13-19(16)23(24,25)26)9-10-21-29-30-22(20-6-2-3-12-28-20)31(21)15-18-5-4-11-27-14-18/h2-8,11-14H,9-10,15H2,1H3. The maximum atomic E-state index is 13.3. The largest absolute Gasteiger partial charge is 0.416 e. The summed E-state index contributed by atoms with van der Waals surface area (Å²) in [5.74, 6) is 1.29. The molecule has 0 fully saturated rings. The van der Waals surface area contributed by atoms with Gasteiger partial charge in [-0.05, 0) is 54.3 Å². The lowest BCUT2D eigenvalue weighted by atomic mass is 10.0. The molecular weight excluding hydrogens is 403 g/mol. The first kappa shape index (κ1) is 20.7. The molecule has 0 atom stereocenters. The van der Waals surface area contributed by atoms with Crippen LogP contribution in [0.25, 0.3) is 11.5 Å². The summed E-state index contributed by atoms with van der Waals surface area (Å²) in [6, 6.07) is 13.8. The van der Waals surface area contributed by atoms with Crippen molar-refractivity contribution in [1.82, 2.24) is 24.7 Å². The second kappa shape index (κ2) is 8.67. The third kappa shape index (κ3) is 4.79. The quantitative estimate of drug-likeness (QED) is 0.443. The second-order valence-corrected chi connectivity index (χ2v) is 7.25. The van der Waals surface area contributed by atoms with Crippen molar-refractivity contribution in [1.29, 1.82) is 0 Å². The van der Waals surface area contributed by atoms with E-state index in [9.17, 15) is 13.2 Å². The highest BCUT2D eigenvalue weighted by atomic mass is 19.4. The van der Waals surface area contributed by atoms with Crippen LogP contribution in [0, 0.1) is 6.92 Å². The lowest BCUT2D eigenvalue weighted by molar-refractivity contribution is -0.138. The lowest BCUT2D eigenvalue weighted by Gasteiger charge is -2.13. The third-order valence-electron chi connectivity index (χ3n) is 5.03. The number of halogens is 3. The molecule has 0 aliphatic heterocycles. The zero-order chi connectivity index (χ0) is 21.8. The van der Waals surface area contributed by atoms with Crippen molar-refractivity contribution in [3.8, 4) is 11.5 Å². The van der Waals surface area contributed by atoms with Gasteiger partial charge in [-0.2, -0.15) is 13.2 Å². The second-order valence-electron chi connectivity index (χ2n) is 7.25. The van der Waals surface area contributed by atoms with E-state index in [0.29, 0.717) is 42.3 Å². The Kier molecular flexibility index (Phi) is 5.79. The van der Waals surface area contributed by atoms with Gasteiger partial charge in [0.05, 0.1) is 12.1 Å². The van der Waals surface area contributed by atoms with E-state index in [1.807, 2.05) is 34.9 Å². The summed E-state index contributed by atoms with van der Waals surface area (Å²) >= 11 is 0. The molecule has 4 aromatic rings. The van der Waals surface area contributed by atoms with Gasteiger partial charge in [0.25, 0.3) is 0 Å². The minimum absolute atomic E-state index is 0.216. The number of benzene rings is 1. The van der Waals surface area contributed by atoms with Gasteiger partial charge in [-0.25, -0.2) is 0 Å². The maximum absolute atomic E-state index is 13.3. The van der Waals surface area contributed by atoms with Crippen LogP contribution in [0.15, 0.2) is 67.1 Å². The van der Waals surface area contributed by atoms with Gasteiger partial charge in [0, 0.05) is 25.0 Å². The normalized spacial score (nSPS) is 11.6. The summed E-state index contributed by atoms with van der Waals surface area (Å²) < 4.78 is 41.7. The molecule has 0 saturated carbocycles. The first-order chi connectivity index (χ1) is 14.9. The SMILES string of the molecule is Cc1ccc(CCc2nnc(-c3ccccn3)n2Cc2cccnc2)cc1C(F)(F)F. The maximum Gasteiger partial charge on any atom is 0.416 e. The predicted molar refractivity (Wildman–Crippen MR) is 110 cm³/mol. The number of alkyl halides is 3. The highest BCUT2D eigenvalue weighted by Crippen LogP contribution is 2.32. The Hall–Kier alpha value is -3.55. The molecule has 0 bridgehead atoms. The molecule has 0 unspecified atom stereocenters. The average molecular weight is 423 g/mol. The number of rotatable bonds is 6. The van der Waals surface area contributed by atoms with Gasteiger partial charge >= 0.3 is 6.18 Å². The number of hydrogen-bond acceptors (Lipinski definition) is 4. The first-order valence-corrected chi connectivity index (χ1v) is 9.81. The molecule has 0 spiro atoms. The molecule has 3 aromatic heterocycles. The molecular formula is C23H20F3N5. The molecule has 0 aliphatic rings. The van der Waals surface area contributed by atoms with E-state index >= 15 is 0 Å². The van der Waals surface area contributed by atoms with Gasteiger partial charge in [-0.3, -0.25) is 9.97 Å². The molecule has 3 heterocycles. The Morgan fingerprint density at radius 2 is 1.77 bits per heavy atom. The summed E-state index contributed by atoms with van der Waals surface area (Å²) in [5.41, 5.74) is 1.87. The van der Waals surface area contributed by atoms with Gasteiger partial charge < -0.3 is 4.57 Å². The molecule has 0 aliphatic carbocycles. The van der Waals surface area contributed by atoms with Crippen molar-refractivity contribution in [2.24, 2.45) is 0 Å².